The van der Waals surface area contributed by atoms with E-state index in [9.17, 15) is 0 Å². The molecular weight excluding hydrogens is 320 g/mol. The molecule has 0 unspecified atom stereocenters. The Labute approximate surface area is 153 Å². The maximum atomic E-state index is 4.49. The lowest BCUT2D eigenvalue weighted by Crippen LogP contribution is -1.98. The number of aryl methyl sites for hydroxylation is 1. The Kier molecular flexibility index (Phi) is 4.56. The number of aromatic nitrogens is 4. The molecule has 0 aliphatic heterocycles. The van der Waals surface area contributed by atoms with E-state index in [1.807, 2.05) is 29.9 Å². The summed E-state index contributed by atoms with van der Waals surface area (Å²) in [6.07, 6.45) is 7.21. The molecule has 0 saturated carbocycles. The molecule has 0 aliphatic carbocycles. The molecule has 4 rings (SSSR count). The van der Waals surface area contributed by atoms with Gasteiger partial charge in [0.1, 0.15) is 5.82 Å². The molecule has 4 aromatic rings. The number of hydrogen-bond acceptors (Lipinski definition) is 3. The third-order valence-electron chi connectivity index (χ3n) is 4.28. The lowest BCUT2D eigenvalue weighted by Gasteiger charge is -2.08. The van der Waals surface area contributed by atoms with Gasteiger partial charge in [0.15, 0.2) is 0 Å². The molecule has 0 aliphatic rings. The van der Waals surface area contributed by atoms with Gasteiger partial charge in [-0.25, -0.2) is 14.6 Å². The van der Waals surface area contributed by atoms with Crippen LogP contribution >= 0.6 is 0 Å². The normalized spacial score (nSPS) is 10.8. The van der Waals surface area contributed by atoms with Gasteiger partial charge in [0.05, 0.1) is 11.4 Å². The van der Waals surface area contributed by atoms with Gasteiger partial charge in [0.2, 0.25) is 0 Å². The summed E-state index contributed by atoms with van der Waals surface area (Å²) in [7, 11) is 0. The second kappa shape index (κ2) is 7.31. The molecule has 26 heavy (non-hydrogen) atoms. The van der Waals surface area contributed by atoms with Crippen molar-refractivity contribution >= 4 is 0 Å². The van der Waals surface area contributed by atoms with Crippen LogP contribution in [0.4, 0.5) is 0 Å². The molecule has 0 N–H and O–H groups in total. The third kappa shape index (κ3) is 3.86. The molecule has 4 nitrogen and oxygen atoms in total. The van der Waals surface area contributed by atoms with E-state index in [0.717, 1.165) is 30.0 Å². The summed E-state index contributed by atoms with van der Waals surface area (Å²) in [5.41, 5.74) is 5.89. The molecule has 2 heterocycles. The van der Waals surface area contributed by atoms with Gasteiger partial charge >= 0.3 is 0 Å². The van der Waals surface area contributed by atoms with Crippen molar-refractivity contribution in [3.05, 3.63) is 107 Å². The average Bonchev–Trinajstić information content (AvgIpc) is 3.10. The van der Waals surface area contributed by atoms with Gasteiger partial charge in [-0.2, -0.15) is 5.10 Å². The molecule has 128 valence electrons. The fourth-order valence-corrected chi connectivity index (χ4v) is 3.06. The van der Waals surface area contributed by atoms with Crippen LogP contribution in [0.15, 0.2) is 79.3 Å². The van der Waals surface area contributed by atoms with E-state index >= 15 is 0 Å². The van der Waals surface area contributed by atoms with Crippen molar-refractivity contribution in [2.75, 3.05) is 0 Å². The minimum absolute atomic E-state index is 0.751. The van der Waals surface area contributed by atoms with Gasteiger partial charge in [-0.1, -0.05) is 36.4 Å². The number of hydrogen-bond donors (Lipinski definition) is 0. The van der Waals surface area contributed by atoms with Crippen molar-refractivity contribution in [3.63, 3.8) is 0 Å². The first-order chi connectivity index (χ1) is 12.8. The summed E-state index contributed by atoms with van der Waals surface area (Å²) in [6, 6.07) is 21.0. The topological polar surface area (TPSA) is 43.6 Å². The predicted octanol–water partition coefficient (Wildman–Crippen LogP) is 4.15. The van der Waals surface area contributed by atoms with Crippen LogP contribution in [0.3, 0.4) is 0 Å². The maximum Gasteiger partial charge on any atom is 0.132 e. The standard InChI is InChI=1S/C22H20N4/c1-17-9-12-26(25-17)21-8-3-7-19(15-21)13-18-5-2-6-20(14-18)16-22-23-10-4-11-24-22/h2-12,14-15H,13,16H2,1H3. The number of benzene rings is 2. The second-order valence-corrected chi connectivity index (χ2v) is 6.41. The van der Waals surface area contributed by atoms with E-state index in [4.69, 9.17) is 0 Å². The van der Waals surface area contributed by atoms with Gasteiger partial charge < -0.3 is 0 Å². The van der Waals surface area contributed by atoms with Gasteiger partial charge in [-0.15, -0.1) is 0 Å². The molecule has 0 amide bonds. The fourth-order valence-electron chi connectivity index (χ4n) is 3.06. The van der Waals surface area contributed by atoms with Gasteiger partial charge in [-0.05, 0) is 54.3 Å². The molecular formula is C22H20N4. The zero-order valence-electron chi connectivity index (χ0n) is 14.7. The first kappa shape index (κ1) is 16.2. The maximum absolute atomic E-state index is 4.49. The van der Waals surface area contributed by atoms with Crippen LogP contribution in [-0.4, -0.2) is 19.7 Å². The highest BCUT2D eigenvalue weighted by Gasteiger charge is 2.04. The van der Waals surface area contributed by atoms with E-state index in [1.54, 1.807) is 12.4 Å². The minimum atomic E-state index is 0.751. The van der Waals surface area contributed by atoms with Crippen molar-refractivity contribution in [2.24, 2.45) is 0 Å². The highest BCUT2D eigenvalue weighted by molar-refractivity contribution is 5.38. The molecule has 0 fully saturated rings. The molecule has 0 bridgehead atoms. The van der Waals surface area contributed by atoms with Crippen molar-refractivity contribution in [2.45, 2.75) is 19.8 Å². The first-order valence-corrected chi connectivity index (χ1v) is 8.71. The fraction of sp³-hybridized carbons (Fsp3) is 0.136. The third-order valence-corrected chi connectivity index (χ3v) is 4.28. The summed E-state index contributed by atoms with van der Waals surface area (Å²) in [4.78, 5) is 8.63. The van der Waals surface area contributed by atoms with Crippen LogP contribution in [0.5, 0.6) is 0 Å². The highest BCUT2D eigenvalue weighted by Crippen LogP contribution is 2.16. The van der Waals surface area contributed by atoms with Crippen LogP contribution < -0.4 is 0 Å². The number of nitrogens with zero attached hydrogens (tertiary/aromatic N) is 4. The summed E-state index contributed by atoms with van der Waals surface area (Å²) in [5.74, 6) is 0.848. The van der Waals surface area contributed by atoms with E-state index < -0.39 is 0 Å². The number of rotatable bonds is 5. The lowest BCUT2D eigenvalue weighted by atomic mass is 10.0. The smallest absolute Gasteiger partial charge is 0.132 e. The summed E-state index contributed by atoms with van der Waals surface area (Å²) < 4.78 is 1.92. The van der Waals surface area contributed by atoms with Gasteiger partial charge in [0.25, 0.3) is 0 Å². The van der Waals surface area contributed by atoms with Crippen LogP contribution in [0, 0.1) is 6.92 Å². The molecule has 2 aromatic carbocycles. The second-order valence-electron chi connectivity index (χ2n) is 6.41. The molecule has 2 aromatic heterocycles. The Balaban J connectivity index is 1.53. The Morgan fingerprint density at radius 3 is 2.19 bits per heavy atom. The van der Waals surface area contributed by atoms with E-state index in [1.165, 1.54) is 16.7 Å². The Morgan fingerprint density at radius 1 is 0.769 bits per heavy atom. The van der Waals surface area contributed by atoms with Crippen molar-refractivity contribution in [1.82, 2.24) is 19.7 Å². The van der Waals surface area contributed by atoms with Gasteiger partial charge in [-0.3, -0.25) is 0 Å². The largest absolute Gasteiger partial charge is 0.241 e. The summed E-state index contributed by atoms with van der Waals surface area (Å²) in [6.45, 7) is 2.00. The minimum Gasteiger partial charge on any atom is -0.241 e. The molecule has 0 atom stereocenters. The molecule has 0 radical (unpaired) electrons. The highest BCUT2D eigenvalue weighted by atomic mass is 15.3. The molecule has 0 spiro atoms. The first-order valence-electron chi connectivity index (χ1n) is 8.71. The Bertz CT molecular complexity index is 1010. The lowest BCUT2D eigenvalue weighted by molar-refractivity contribution is 0.860. The summed E-state index contributed by atoms with van der Waals surface area (Å²) >= 11 is 0. The van der Waals surface area contributed by atoms with Crippen molar-refractivity contribution in [1.29, 1.82) is 0 Å². The van der Waals surface area contributed by atoms with Crippen LogP contribution in [0.2, 0.25) is 0 Å². The monoisotopic (exact) mass is 340 g/mol. The van der Waals surface area contributed by atoms with Crippen LogP contribution in [0.25, 0.3) is 5.69 Å². The van der Waals surface area contributed by atoms with E-state index in [0.29, 0.717) is 0 Å². The Morgan fingerprint density at radius 2 is 1.46 bits per heavy atom. The molecule has 0 saturated heterocycles. The quantitative estimate of drug-likeness (QED) is 0.548. The van der Waals surface area contributed by atoms with Crippen molar-refractivity contribution in [3.8, 4) is 5.69 Å². The summed E-state index contributed by atoms with van der Waals surface area (Å²) in [5, 5.41) is 4.49. The van der Waals surface area contributed by atoms with Gasteiger partial charge in [0, 0.05) is 25.0 Å². The van der Waals surface area contributed by atoms with Crippen LogP contribution in [0.1, 0.15) is 28.2 Å². The van der Waals surface area contributed by atoms with Crippen molar-refractivity contribution < 1.29 is 0 Å². The average molecular weight is 340 g/mol. The predicted molar refractivity (Wildman–Crippen MR) is 102 cm³/mol. The zero-order chi connectivity index (χ0) is 17.8. The molecule has 4 heteroatoms. The van der Waals surface area contributed by atoms with E-state index in [-0.39, 0.29) is 0 Å². The Hall–Kier alpha value is -3.27. The SMILES string of the molecule is Cc1ccn(-c2cccc(Cc3cccc(Cc4ncccn4)c3)c2)n1. The zero-order valence-corrected chi connectivity index (χ0v) is 14.7. The van der Waals surface area contributed by atoms with Crippen LogP contribution in [-0.2, 0) is 12.8 Å². The van der Waals surface area contributed by atoms with E-state index in [2.05, 4.69) is 63.6 Å².